The number of nitrogens with zero attached hydrogens (tertiary/aromatic N) is 1. The molecule has 1 aromatic heterocycles. The Labute approximate surface area is 107 Å². The van der Waals surface area contributed by atoms with Crippen LogP contribution >= 0.6 is 0 Å². The molecule has 1 aromatic rings. The molecule has 5 nitrogen and oxygen atoms in total. The van der Waals surface area contributed by atoms with Gasteiger partial charge in [-0.15, -0.1) is 0 Å². The Kier molecular flexibility index (Phi) is 3.71. The zero-order valence-corrected chi connectivity index (χ0v) is 11.3. The molecule has 1 aliphatic rings. The van der Waals surface area contributed by atoms with Crippen LogP contribution in [0.15, 0.2) is 4.52 Å². The van der Waals surface area contributed by atoms with Crippen molar-refractivity contribution in [3.05, 3.63) is 11.3 Å². The van der Waals surface area contributed by atoms with Gasteiger partial charge in [0.1, 0.15) is 0 Å². The molecule has 2 rings (SSSR count). The van der Waals surface area contributed by atoms with Crippen LogP contribution in [0, 0.1) is 19.3 Å². The lowest BCUT2D eigenvalue weighted by atomic mass is 9.81. The lowest BCUT2D eigenvalue weighted by Gasteiger charge is -2.25. The maximum absolute atomic E-state index is 12.4. The minimum absolute atomic E-state index is 0.0496. The van der Waals surface area contributed by atoms with Gasteiger partial charge in [0.25, 0.3) is 0 Å². The highest BCUT2D eigenvalue weighted by Crippen LogP contribution is 2.33. The Morgan fingerprint density at radius 1 is 1.56 bits per heavy atom. The van der Waals surface area contributed by atoms with Gasteiger partial charge < -0.3 is 9.84 Å². The van der Waals surface area contributed by atoms with E-state index in [0.29, 0.717) is 5.88 Å². The van der Waals surface area contributed by atoms with Crippen LogP contribution in [0.3, 0.4) is 0 Å². The fourth-order valence-electron chi connectivity index (χ4n) is 2.51. The largest absolute Gasteiger partial charge is 0.338 e. The summed E-state index contributed by atoms with van der Waals surface area (Å²) in [6.07, 6.45) is 2.79. The summed E-state index contributed by atoms with van der Waals surface area (Å²) in [4.78, 5) is 12.4. The third-order valence-electron chi connectivity index (χ3n) is 3.84. The van der Waals surface area contributed by atoms with Crippen LogP contribution in [-0.2, 0) is 4.79 Å². The number of hydrogen-bond acceptors (Lipinski definition) is 4. The van der Waals surface area contributed by atoms with Crippen LogP contribution in [0.1, 0.15) is 37.4 Å². The van der Waals surface area contributed by atoms with E-state index in [1.165, 1.54) is 0 Å². The maximum atomic E-state index is 12.4. The van der Waals surface area contributed by atoms with E-state index in [1.54, 1.807) is 0 Å². The molecule has 2 heterocycles. The monoisotopic (exact) mass is 251 g/mol. The molecule has 2 N–H and O–H groups in total. The van der Waals surface area contributed by atoms with E-state index in [0.717, 1.165) is 43.6 Å². The topological polar surface area (TPSA) is 67.2 Å². The van der Waals surface area contributed by atoms with Gasteiger partial charge in [-0.2, -0.15) is 0 Å². The molecule has 0 aliphatic carbocycles. The number of nitrogens with one attached hydrogen (secondary N) is 2. The predicted molar refractivity (Wildman–Crippen MR) is 69.4 cm³/mol. The van der Waals surface area contributed by atoms with E-state index in [2.05, 4.69) is 22.7 Å². The molecule has 0 saturated carbocycles. The van der Waals surface area contributed by atoms with E-state index >= 15 is 0 Å². The van der Waals surface area contributed by atoms with Crippen molar-refractivity contribution in [2.45, 2.75) is 40.0 Å². The Balaban J connectivity index is 2.13. The standard InChI is InChI=1S/C13H21N3O2/c1-4-5-13(6-7-14-8-13)12(17)15-11-9(2)10(3)16-18-11/h14H,4-8H2,1-3H3,(H,15,17). The van der Waals surface area contributed by atoms with E-state index in [-0.39, 0.29) is 11.3 Å². The molecule has 1 saturated heterocycles. The number of amides is 1. The maximum Gasteiger partial charge on any atom is 0.234 e. The molecule has 18 heavy (non-hydrogen) atoms. The number of carbonyl (C=O) groups excluding carboxylic acids is 1. The molecule has 1 aliphatic heterocycles. The van der Waals surface area contributed by atoms with Crippen molar-refractivity contribution in [3.8, 4) is 0 Å². The molecule has 1 atom stereocenters. The van der Waals surface area contributed by atoms with E-state index in [9.17, 15) is 4.79 Å². The molecule has 0 aromatic carbocycles. The van der Waals surface area contributed by atoms with Gasteiger partial charge in [0.15, 0.2) is 0 Å². The molecular formula is C13H21N3O2. The van der Waals surface area contributed by atoms with E-state index in [1.807, 2.05) is 13.8 Å². The highest BCUT2D eigenvalue weighted by molar-refractivity contribution is 5.95. The van der Waals surface area contributed by atoms with Crippen LogP contribution in [0.25, 0.3) is 0 Å². The third kappa shape index (κ3) is 2.27. The van der Waals surface area contributed by atoms with Gasteiger partial charge in [-0.1, -0.05) is 18.5 Å². The van der Waals surface area contributed by atoms with Gasteiger partial charge in [0.2, 0.25) is 11.8 Å². The highest BCUT2D eigenvalue weighted by atomic mass is 16.5. The smallest absolute Gasteiger partial charge is 0.234 e. The summed E-state index contributed by atoms with van der Waals surface area (Å²) in [5, 5.41) is 10.0. The molecule has 1 amide bonds. The van der Waals surface area contributed by atoms with Crippen LogP contribution in [-0.4, -0.2) is 24.2 Å². The quantitative estimate of drug-likeness (QED) is 0.859. The molecule has 0 bridgehead atoms. The van der Waals surface area contributed by atoms with E-state index in [4.69, 9.17) is 4.52 Å². The first-order valence-electron chi connectivity index (χ1n) is 6.54. The number of rotatable bonds is 4. The number of aromatic nitrogens is 1. The van der Waals surface area contributed by atoms with Crippen LogP contribution in [0.4, 0.5) is 5.88 Å². The van der Waals surface area contributed by atoms with Crippen LogP contribution in [0.2, 0.25) is 0 Å². The normalized spacial score (nSPS) is 23.3. The fraction of sp³-hybridized carbons (Fsp3) is 0.692. The van der Waals surface area contributed by atoms with Crippen molar-refractivity contribution in [1.82, 2.24) is 10.5 Å². The minimum Gasteiger partial charge on any atom is -0.338 e. The lowest BCUT2D eigenvalue weighted by molar-refractivity contribution is -0.125. The molecule has 1 fully saturated rings. The van der Waals surface area contributed by atoms with Crippen molar-refractivity contribution < 1.29 is 9.32 Å². The highest BCUT2D eigenvalue weighted by Gasteiger charge is 2.40. The summed E-state index contributed by atoms with van der Waals surface area (Å²) in [6.45, 7) is 7.53. The molecule has 100 valence electrons. The summed E-state index contributed by atoms with van der Waals surface area (Å²) in [5.41, 5.74) is 1.43. The summed E-state index contributed by atoms with van der Waals surface area (Å²) < 4.78 is 5.15. The predicted octanol–water partition coefficient (Wildman–Crippen LogP) is 2.01. The number of carbonyl (C=O) groups is 1. The SMILES string of the molecule is CCCC1(C(=O)Nc2onc(C)c2C)CCNC1. The number of aryl methyl sites for hydroxylation is 1. The van der Waals surface area contributed by atoms with Gasteiger partial charge in [-0.05, 0) is 33.2 Å². The van der Waals surface area contributed by atoms with Gasteiger partial charge in [0, 0.05) is 12.1 Å². The van der Waals surface area contributed by atoms with Gasteiger partial charge >= 0.3 is 0 Å². The molecule has 0 spiro atoms. The number of hydrogen-bond donors (Lipinski definition) is 2. The molecular weight excluding hydrogens is 230 g/mol. The molecule has 0 radical (unpaired) electrons. The Bertz CT molecular complexity index is 433. The Morgan fingerprint density at radius 3 is 2.83 bits per heavy atom. The molecule has 1 unspecified atom stereocenters. The fourth-order valence-corrected chi connectivity index (χ4v) is 2.51. The Hall–Kier alpha value is -1.36. The second-order valence-electron chi connectivity index (χ2n) is 5.13. The lowest BCUT2D eigenvalue weighted by Crippen LogP contribution is -2.38. The van der Waals surface area contributed by atoms with E-state index < -0.39 is 0 Å². The summed E-state index contributed by atoms with van der Waals surface area (Å²) >= 11 is 0. The summed E-state index contributed by atoms with van der Waals surface area (Å²) in [7, 11) is 0. The summed E-state index contributed by atoms with van der Waals surface area (Å²) in [5.74, 6) is 0.536. The summed E-state index contributed by atoms with van der Waals surface area (Å²) in [6, 6.07) is 0. The van der Waals surface area contributed by atoms with Crippen LogP contribution in [0.5, 0.6) is 0 Å². The van der Waals surface area contributed by atoms with Crippen molar-refractivity contribution >= 4 is 11.8 Å². The molecule has 5 heteroatoms. The minimum atomic E-state index is -0.290. The average molecular weight is 251 g/mol. The number of anilines is 1. The van der Waals surface area contributed by atoms with Gasteiger partial charge in [-0.3, -0.25) is 10.1 Å². The first-order valence-corrected chi connectivity index (χ1v) is 6.54. The van der Waals surface area contributed by atoms with Gasteiger partial charge in [0.05, 0.1) is 11.1 Å². The van der Waals surface area contributed by atoms with Crippen molar-refractivity contribution in [1.29, 1.82) is 0 Å². The second kappa shape index (κ2) is 5.10. The average Bonchev–Trinajstić information content (AvgIpc) is 2.93. The van der Waals surface area contributed by atoms with Crippen LogP contribution < -0.4 is 10.6 Å². The zero-order chi connectivity index (χ0) is 13.2. The first kappa shape index (κ1) is 13.1. The van der Waals surface area contributed by atoms with Gasteiger partial charge in [-0.25, -0.2) is 0 Å². The Morgan fingerprint density at radius 2 is 2.33 bits per heavy atom. The van der Waals surface area contributed by atoms with Crippen molar-refractivity contribution in [3.63, 3.8) is 0 Å². The first-order chi connectivity index (χ1) is 8.59. The van der Waals surface area contributed by atoms with Crippen molar-refractivity contribution in [2.24, 2.45) is 5.41 Å². The zero-order valence-electron chi connectivity index (χ0n) is 11.3. The van der Waals surface area contributed by atoms with Crippen molar-refractivity contribution in [2.75, 3.05) is 18.4 Å². The third-order valence-corrected chi connectivity index (χ3v) is 3.84. The second-order valence-corrected chi connectivity index (χ2v) is 5.13.